The van der Waals surface area contributed by atoms with Crippen LogP contribution in [0.4, 0.5) is 0 Å². The Hall–Kier alpha value is -0.0400. The van der Waals surface area contributed by atoms with E-state index in [1.807, 2.05) is 0 Å². The molecule has 15 heavy (non-hydrogen) atoms. The third-order valence-corrected chi connectivity index (χ3v) is 3.60. The van der Waals surface area contributed by atoms with Crippen LogP contribution in [0.2, 0.25) is 0 Å². The van der Waals surface area contributed by atoms with Gasteiger partial charge in [0.15, 0.2) is 0 Å². The molecule has 1 nitrogen and oxygen atoms in total. The zero-order chi connectivity index (χ0) is 11.5. The van der Waals surface area contributed by atoms with Crippen molar-refractivity contribution in [1.29, 1.82) is 0 Å². The summed E-state index contributed by atoms with van der Waals surface area (Å²) >= 11 is 0. The van der Waals surface area contributed by atoms with Crippen molar-refractivity contribution >= 4 is 0 Å². The van der Waals surface area contributed by atoms with Gasteiger partial charge in [0.25, 0.3) is 0 Å². The van der Waals surface area contributed by atoms with Crippen LogP contribution in [0, 0.1) is 17.3 Å². The lowest BCUT2D eigenvalue weighted by atomic mass is 9.71. The molecule has 0 radical (unpaired) electrons. The third-order valence-electron chi connectivity index (χ3n) is 3.60. The van der Waals surface area contributed by atoms with Crippen LogP contribution in [0.25, 0.3) is 0 Å². The van der Waals surface area contributed by atoms with Gasteiger partial charge in [-0.3, -0.25) is 0 Å². The van der Waals surface area contributed by atoms with Crippen LogP contribution in [-0.4, -0.2) is 12.7 Å². The minimum Gasteiger partial charge on any atom is -0.378 e. The zero-order valence-electron chi connectivity index (χ0n) is 11.2. The van der Waals surface area contributed by atoms with Crippen LogP contribution in [-0.2, 0) is 4.74 Å². The van der Waals surface area contributed by atoms with Gasteiger partial charge in [0.05, 0.1) is 6.10 Å². The lowest BCUT2D eigenvalue weighted by Crippen LogP contribution is -2.31. The van der Waals surface area contributed by atoms with Crippen LogP contribution < -0.4 is 0 Å². The van der Waals surface area contributed by atoms with E-state index in [4.69, 9.17) is 4.74 Å². The van der Waals surface area contributed by atoms with Gasteiger partial charge in [0, 0.05) is 6.61 Å². The van der Waals surface area contributed by atoms with E-state index >= 15 is 0 Å². The second-order valence-electron chi connectivity index (χ2n) is 6.45. The fraction of sp³-hybridized carbons (Fsp3) is 1.00. The van der Waals surface area contributed by atoms with Crippen LogP contribution in [0.5, 0.6) is 0 Å². The van der Waals surface area contributed by atoms with Crippen molar-refractivity contribution in [3.63, 3.8) is 0 Å². The summed E-state index contributed by atoms with van der Waals surface area (Å²) in [6.07, 6.45) is 5.93. The molecule has 0 aromatic rings. The predicted octanol–water partition coefficient (Wildman–Crippen LogP) is 4.26. The van der Waals surface area contributed by atoms with Crippen molar-refractivity contribution in [2.45, 2.75) is 66.4 Å². The molecule has 1 fully saturated rings. The first-order chi connectivity index (χ1) is 6.91. The Bertz CT molecular complexity index is 184. The molecule has 90 valence electrons. The normalized spacial score (nSPS) is 28.0. The molecular weight excluding hydrogens is 184 g/mol. The van der Waals surface area contributed by atoms with Crippen molar-refractivity contribution in [2.24, 2.45) is 17.3 Å². The number of rotatable bonds is 4. The molecule has 1 heteroatoms. The molecule has 0 bridgehead atoms. The lowest BCUT2D eigenvalue weighted by molar-refractivity contribution is -0.0171. The van der Waals surface area contributed by atoms with E-state index in [1.54, 1.807) is 0 Å². The number of hydrogen-bond donors (Lipinski definition) is 0. The van der Waals surface area contributed by atoms with E-state index in [9.17, 15) is 0 Å². The van der Waals surface area contributed by atoms with Crippen LogP contribution in [0.1, 0.15) is 60.3 Å². The summed E-state index contributed by atoms with van der Waals surface area (Å²) in [6.45, 7) is 12.4. The maximum Gasteiger partial charge on any atom is 0.0575 e. The summed E-state index contributed by atoms with van der Waals surface area (Å²) in [5.74, 6) is 1.44. The van der Waals surface area contributed by atoms with Crippen LogP contribution in [0.3, 0.4) is 0 Å². The highest BCUT2D eigenvalue weighted by Crippen LogP contribution is 2.40. The topological polar surface area (TPSA) is 9.23 Å². The smallest absolute Gasteiger partial charge is 0.0575 e. The molecule has 0 N–H and O–H groups in total. The first kappa shape index (κ1) is 13.0. The van der Waals surface area contributed by atoms with E-state index in [-0.39, 0.29) is 0 Å². The Morgan fingerprint density at radius 1 is 1.27 bits per heavy atom. The average molecular weight is 212 g/mol. The Morgan fingerprint density at radius 3 is 2.47 bits per heavy atom. The standard InChI is InChI=1S/C14H28O/c1-11(2)10-15-12(3)13-7-6-8-14(4,5)9-13/h11-13H,6-10H2,1-5H3. The molecule has 0 heterocycles. The fourth-order valence-corrected chi connectivity index (χ4v) is 2.64. The molecule has 0 saturated heterocycles. The summed E-state index contributed by atoms with van der Waals surface area (Å²) in [5, 5.41) is 0. The van der Waals surface area contributed by atoms with Gasteiger partial charge >= 0.3 is 0 Å². The second-order valence-corrected chi connectivity index (χ2v) is 6.45. The Morgan fingerprint density at radius 2 is 1.93 bits per heavy atom. The Labute approximate surface area is 95.6 Å². The zero-order valence-corrected chi connectivity index (χ0v) is 11.2. The molecular formula is C14H28O. The molecule has 0 spiro atoms. The molecule has 0 aliphatic heterocycles. The van der Waals surface area contributed by atoms with E-state index in [0.717, 1.165) is 12.5 Å². The maximum absolute atomic E-state index is 5.94. The highest BCUT2D eigenvalue weighted by Gasteiger charge is 2.31. The highest BCUT2D eigenvalue weighted by atomic mass is 16.5. The maximum atomic E-state index is 5.94. The molecule has 1 aliphatic carbocycles. The van der Waals surface area contributed by atoms with Crippen molar-refractivity contribution in [1.82, 2.24) is 0 Å². The first-order valence-corrected chi connectivity index (χ1v) is 6.52. The van der Waals surface area contributed by atoms with Crippen molar-refractivity contribution in [3.8, 4) is 0 Å². The molecule has 1 aliphatic rings. The molecule has 2 unspecified atom stereocenters. The van der Waals surface area contributed by atoms with E-state index in [2.05, 4.69) is 34.6 Å². The summed E-state index contributed by atoms with van der Waals surface area (Å²) in [5.41, 5.74) is 0.540. The van der Waals surface area contributed by atoms with E-state index in [1.165, 1.54) is 25.7 Å². The van der Waals surface area contributed by atoms with Gasteiger partial charge in [0.1, 0.15) is 0 Å². The van der Waals surface area contributed by atoms with Gasteiger partial charge in [-0.05, 0) is 43.4 Å². The van der Waals surface area contributed by atoms with Gasteiger partial charge in [-0.1, -0.05) is 34.1 Å². The van der Waals surface area contributed by atoms with Gasteiger partial charge in [-0.2, -0.15) is 0 Å². The number of ether oxygens (including phenoxy) is 1. The van der Waals surface area contributed by atoms with Gasteiger partial charge in [-0.25, -0.2) is 0 Å². The molecule has 0 aromatic heterocycles. The monoisotopic (exact) mass is 212 g/mol. The Kier molecular flexibility index (Phi) is 4.64. The molecule has 1 saturated carbocycles. The van der Waals surface area contributed by atoms with Crippen molar-refractivity contribution in [2.75, 3.05) is 6.61 Å². The van der Waals surface area contributed by atoms with Crippen LogP contribution in [0.15, 0.2) is 0 Å². The SMILES string of the molecule is CC(C)COC(C)C1CCCC(C)(C)C1. The average Bonchev–Trinajstić information content (AvgIpc) is 2.12. The van der Waals surface area contributed by atoms with E-state index in [0.29, 0.717) is 17.4 Å². The van der Waals surface area contributed by atoms with Gasteiger partial charge < -0.3 is 4.74 Å². The van der Waals surface area contributed by atoms with Gasteiger partial charge in [-0.15, -0.1) is 0 Å². The highest BCUT2D eigenvalue weighted by molar-refractivity contribution is 4.82. The molecule has 1 rings (SSSR count). The minimum atomic E-state index is 0.451. The van der Waals surface area contributed by atoms with Gasteiger partial charge in [0.2, 0.25) is 0 Å². The van der Waals surface area contributed by atoms with Crippen LogP contribution >= 0.6 is 0 Å². The van der Waals surface area contributed by atoms with Crippen molar-refractivity contribution in [3.05, 3.63) is 0 Å². The number of hydrogen-bond acceptors (Lipinski definition) is 1. The summed E-state index contributed by atoms with van der Waals surface area (Å²) in [6, 6.07) is 0. The molecule has 0 amide bonds. The predicted molar refractivity (Wildman–Crippen MR) is 66.0 cm³/mol. The quantitative estimate of drug-likeness (QED) is 0.676. The second kappa shape index (κ2) is 5.34. The third kappa shape index (κ3) is 4.55. The summed E-state index contributed by atoms with van der Waals surface area (Å²) < 4.78 is 5.94. The lowest BCUT2D eigenvalue weighted by Gasteiger charge is -2.38. The Balaban J connectivity index is 2.35. The fourth-order valence-electron chi connectivity index (χ4n) is 2.64. The largest absolute Gasteiger partial charge is 0.378 e. The minimum absolute atomic E-state index is 0.451. The molecule has 2 atom stereocenters. The first-order valence-electron chi connectivity index (χ1n) is 6.52. The summed E-state index contributed by atoms with van der Waals surface area (Å²) in [7, 11) is 0. The molecule has 0 aromatic carbocycles. The van der Waals surface area contributed by atoms with E-state index < -0.39 is 0 Å². The van der Waals surface area contributed by atoms with Crippen molar-refractivity contribution < 1.29 is 4.74 Å². The summed E-state index contributed by atoms with van der Waals surface area (Å²) in [4.78, 5) is 0.